The maximum Gasteiger partial charge on any atom is 0.125 e. The minimum atomic E-state index is -0.633. The summed E-state index contributed by atoms with van der Waals surface area (Å²) in [5.41, 5.74) is 0.894. The van der Waals surface area contributed by atoms with Crippen molar-refractivity contribution in [3.05, 3.63) is 28.8 Å². The molecule has 0 saturated carbocycles. The minimum absolute atomic E-state index is 0.192. The normalized spacial score (nSPS) is 12.4. The molecule has 0 fully saturated rings. The first-order chi connectivity index (χ1) is 8.69. The van der Waals surface area contributed by atoms with Gasteiger partial charge in [-0.3, -0.25) is 0 Å². The van der Waals surface area contributed by atoms with Crippen molar-refractivity contribution in [1.82, 2.24) is 5.32 Å². The highest BCUT2D eigenvalue weighted by molar-refractivity contribution is 6.31. The SMILES string of the molecule is CCOCC(O)COc1cccc(Cl)c1CNC. The van der Waals surface area contributed by atoms with Gasteiger partial charge in [-0.05, 0) is 26.1 Å². The number of hydrogen-bond donors (Lipinski definition) is 2. The van der Waals surface area contributed by atoms with Crippen LogP contribution in [0.1, 0.15) is 12.5 Å². The van der Waals surface area contributed by atoms with Crippen LogP contribution in [0, 0.1) is 0 Å². The lowest BCUT2D eigenvalue weighted by atomic mass is 10.2. The fraction of sp³-hybridized carbons (Fsp3) is 0.538. The van der Waals surface area contributed by atoms with E-state index in [0.717, 1.165) is 5.56 Å². The van der Waals surface area contributed by atoms with E-state index in [1.165, 1.54) is 0 Å². The Kier molecular flexibility index (Phi) is 7.05. The monoisotopic (exact) mass is 273 g/mol. The first-order valence-electron chi connectivity index (χ1n) is 5.99. The molecule has 1 atom stereocenters. The topological polar surface area (TPSA) is 50.7 Å². The summed E-state index contributed by atoms with van der Waals surface area (Å²) in [6.45, 7) is 3.56. The molecule has 1 aromatic carbocycles. The molecule has 0 aliphatic rings. The van der Waals surface area contributed by atoms with Gasteiger partial charge in [0.15, 0.2) is 0 Å². The van der Waals surface area contributed by atoms with Crippen molar-refractivity contribution >= 4 is 11.6 Å². The number of ether oxygens (including phenoxy) is 2. The molecule has 5 heteroatoms. The molecule has 102 valence electrons. The van der Waals surface area contributed by atoms with Crippen molar-refractivity contribution in [3.63, 3.8) is 0 Å². The van der Waals surface area contributed by atoms with Crippen molar-refractivity contribution in [2.24, 2.45) is 0 Å². The number of halogens is 1. The van der Waals surface area contributed by atoms with Gasteiger partial charge in [-0.25, -0.2) is 0 Å². The molecule has 4 nitrogen and oxygen atoms in total. The van der Waals surface area contributed by atoms with E-state index < -0.39 is 6.10 Å². The Morgan fingerprint density at radius 1 is 1.39 bits per heavy atom. The lowest BCUT2D eigenvalue weighted by Gasteiger charge is -2.15. The van der Waals surface area contributed by atoms with Crippen LogP contribution in [0.2, 0.25) is 5.02 Å². The van der Waals surface area contributed by atoms with Crippen molar-refractivity contribution in [3.8, 4) is 5.75 Å². The number of aliphatic hydroxyl groups is 1. The molecule has 0 spiro atoms. The predicted molar refractivity (Wildman–Crippen MR) is 72.2 cm³/mol. The highest BCUT2D eigenvalue weighted by Gasteiger charge is 2.10. The maximum absolute atomic E-state index is 9.63. The Morgan fingerprint density at radius 3 is 2.83 bits per heavy atom. The van der Waals surface area contributed by atoms with Gasteiger partial charge in [0.2, 0.25) is 0 Å². The largest absolute Gasteiger partial charge is 0.490 e. The number of benzene rings is 1. The van der Waals surface area contributed by atoms with Gasteiger partial charge in [-0.2, -0.15) is 0 Å². The number of rotatable bonds is 8. The van der Waals surface area contributed by atoms with E-state index in [4.69, 9.17) is 21.1 Å². The van der Waals surface area contributed by atoms with Crippen LogP contribution in [0.25, 0.3) is 0 Å². The average molecular weight is 274 g/mol. The Morgan fingerprint density at radius 2 is 2.17 bits per heavy atom. The Bertz CT molecular complexity index is 360. The summed E-state index contributed by atoms with van der Waals surface area (Å²) in [6.07, 6.45) is -0.633. The fourth-order valence-electron chi connectivity index (χ4n) is 1.51. The fourth-order valence-corrected chi connectivity index (χ4v) is 1.74. The molecule has 0 amide bonds. The van der Waals surface area contributed by atoms with Gasteiger partial charge in [0, 0.05) is 23.7 Å². The van der Waals surface area contributed by atoms with Gasteiger partial charge in [0.05, 0.1) is 6.61 Å². The van der Waals surface area contributed by atoms with Crippen LogP contribution in [0.15, 0.2) is 18.2 Å². The zero-order valence-corrected chi connectivity index (χ0v) is 11.5. The average Bonchev–Trinajstić information content (AvgIpc) is 2.37. The number of nitrogens with one attached hydrogen (secondary N) is 1. The van der Waals surface area contributed by atoms with Crippen LogP contribution in [0.4, 0.5) is 0 Å². The summed E-state index contributed by atoms with van der Waals surface area (Å²) in [6, 6.07) is 5.48. The predicted octanol–water partition coefficient (Wildman–Crippen LogP) is 1.84. The van der Waals surface area contributed by atoms with Crippen molar-refractivity contribution in [2.45, 2.75) is 19.6 Å². The Balaban J connectivity index is 2.58. The summed E-state index contributed by atoms with van der Waals surface area (Å²) in [5, 5.41) is 13.3. The summed E-state index contributed by atoms with van der Waals surface area (Å²) in [4.78, 5) is 0. The van der Waals surface area contributed by atoms with Crippen LogP contribution in [0.3, 0.4) is 0 Å². The van der Waals surface area contributed by atoms with Gasteiger partial charge >= 0.3 is 0 Å². The van der Waals surface area contributed by atoms with Crippen LogP contribution in [0.5, 0.6) is 5.75 Å². The zero-order valence-electron chi connectivity index (χ0n) is 10.8. The summed E-state index contributed by atoms with van der Waals surface area (Å²) >= 11 is 6.10. The molecular formula is C13H20ClNO3. The highest BCUT2D eigenvalue weighted by atomic mass is 35.5. The summed E-state index contributed by atoms with van der Waals surface area (Å²) in [7, 11) is 1.84. The van der Waals surface area contributed by atoms with E-state index in [9.17, 15) is 5.11 Å². The lowest BCUT2D eigenvalue weighted by Crippen LogP contribution is -2.24. The molecule has 18 heavy (non-hydrogen) atoms. The second kappa shape index (κ2) is 8.32. The molecule has 0 aromatic heterocycles. The summed E-state index contributed by atoms with van der Waals surface area (Å²) in [5.74, 6) is 0.687. The molecule has 0 aliphatic carbocycles. The third kappa shape index (κ3) is 4.82. The van der Waals surface area contributed by atoms with E-state index in [0.29, 0.717) is 23.9 Å². The third-order valence-electron chi connectivity index (χ3n) is 2.38. The molecule has 1 unspecified atom stereocenters. The molecule has 0 heterocycles. The molecule has 1 rings (SSSR count). The van der Waals surface area contributed by atoms with E-state index >= 15 is 0 Å². The molecule has 2 N–H and O–H groups in total. The van der Waals surface area contributed by atoms with Gasteiger partial charge in [-0.1, -0.05) is 17.7 Å². The molecular weight excluding hydrogens is 254 g/mol. The first-order valence-corrected chi connectivity index (χ1v) is 6.37. The van der Waals surface area contributed by atoms with E-state index in [2.05, 4.69) is 5.32 Å². The van der Waals surface area contributed by atoms with E-state index in [1.807, 2.05) is 32.2 Å². The van der Waals surface area contributed by atoms with Gasteiger partial charge in [0.1, 0.15) is 18.5 Å². The van der Waals surface area contributed by atoms with Crippen molar-refractivity contribution in [2.75, 3.05) is 26.9 Å². The third-order valence-corrected chi connectivity index (χ3v) is 2.73. The molecule has 0 aliphatic heterocycles. The lowest BCUT2D eigenvalue weighted by molar-refractivity contribution is 0.0162. The molecule has 0 bridgehead atoms. The quantitative estimate of drug-likeness (QED) is 0.759. The number of aliphatic hydroxyl groups excluding tert-OH is 1. The summed E-state index contributed by atoms with van der Waals surface area (Å²) < 4.78 is 10.7. The standard InChI is InChI=1S/C13H20ClNO3/c1-3-17-8-10(16)9-18-13-6-4-5-12(14)11(13)7-15-2/h4-6,10,15-16H,3,7-9H2,1-2H3. The molecule has 1 aromatic rings. The smallest absolute Gasteiger partial charge is 0.125 e. The number of hydrogen-bond acceptors (Lipinski definition) is 4. The molecule has 0 saturated heterocycles. The second-order valence-electron chi connectivity index (χ2n) is 3.87. The van der Waals surface area contributed by atoms with Crippen LogP contribution < -0.4 is 10.1 Å². The van der Waals surface area contributed by atoms with Gasteiger partial charge < -0.3 is 19.9 Å². The van der Waals surface area contributed by atoms with Crippen LogP contribution in [-0.2, 0) is 11.3 Å². The van der Waals surface area contributed by atoms with Gasteiger partial charge in [-0.15, -0.1) is 0 Å². The first kappa shape index (κ1) is 15.2. The Labute approximate surface area is 113 Å². The minimum Gasteiger partial charge on any atom is -0.490 e. The zero-order chi connectivity index (χ0) is 13.4. The van der Waals surface area contributed by atoms with Crippen molar-refractivity contribution < 1.29 is 14.6 Å². The second-order valence-corrected chi connectivity index (χ2v) is 4.28. The van der Waals surface area contributed by atoms with Gasteiger partial charge in [0.25, 0.3) is 0 Å². The van der Waals surface area contributed by atoms with Crippen LogP contribution >= 0.6 is 11.6 Å². The van der Waals surface area contributed by atoms with Crippen molar-refractivity contribution in [1.29, 1.82) is 0 Å². The van der Waals surface area contributed by atoms with Crippen LogP contribution in [-0.4, -0.2) is 38.1 Å². The van der Waals surface area contributed by atoms with E-state index in [1.54, 1.807) is 0 Å². The Hall–Kier alpha value is -0.810. The maximum atomic E-state index is 9.63. The highest BCUT2D eigenvalue weighted by Crippen LogP contribution is 2.26. The van der Waals surface area contributed by atoms with E-state index in [-0.39, 0.29) is 13.2 Å². The molecule has 0 radical (unpaired) electrons.